The molecule has 0 radical (unpaired) electrons. The van der Waals surface area contributed by atoms with Crippen molar-refractivity contribution in [3.05, 3.63) is 29.8 Å². The summed E-state index contributed by atoms with van der Waals surface area (Å²) in [6, 6.07) is 7.72. The maximum Gasteiger partial charge on any atom is 0.255 e. The molecule has 0 aromatic heterocycles. The quantitative estimate of drug-likeness (QED) is 0.658. The van der Waals surface area contributed by atoms with Crippen molar-refractivity contribution in [3.8, 4) is 0 Å². The second-order valence-electron chi connectivity index (χ2n) is 6.50. The van der Waals surface area contributed by atoms with Gasteiger partial charge in [-0.2, -0.15) is 0 Å². The van der Waals surface area contributed by atoms with E-state index in [0.717, 1.165) is 12.8 Å². The molecule has 0 saturated heterocycles. The van der Waals surface area contributed by atoms with E-state index in [4.69, 9.17) is 5.84 Å². The molecule has 0 spiro atoms. The van der Waals surface area contributed by atoms with E-state index in [-0.39, 0.29) is 5.91 Å². The fraction of sp³-hybridized carbons (Fsp3) is 0.562. The molecule has 0 heterocycles. The number of amides is 1. The van der Waals surface area contributed by atoms with Crippen LogP contribution in [0.25, 0.3) is 0 Å². The highest BCUT2D eigenvalue weighted by molar-refractivity contribution is 5.99. The summed E-state index contributed by atoms with van der Waals surface area (Å²) in [5.74, 6) is 5.53. The molecule has 0 atom stereocenters. The van der Waals surface area contributed by atoms with Gasteiger partial charge < -0.3 is 10.3 Å². The molecule has 1 aliphatic carbocycles. The molecule has 110 valence electrons. The third-order valence-electron chi connectivity index (χ3n) is 4.49. The Morgan fingerprint density at radius 2 is 1.90 bits per heavy atom. The Hall–Kier alpha value is -1.55. The topological polar surface area (TPSA) is 58.4 Å². The SMILES string of the molecule is CN(C(=O)c1ccccc1NN)C1CCC(C)(C)CC1. The Morgan fingerprint density at radius 1 is 1.30 bits per heavy atom. The van der Waals surface area contributed by atoms with Crippen LogP contribution in [0.5, 0.6) is 0 Å². The van der Waals surface area contributed by atoms with Gasteiger partial charge >= 0.3 is 0 Å². The Bertz CT molecular complexity index is 474. The molecule has 1 amide bonds. The Kier molecular flexibility index (Phi) is 4.33. The minimum atomic E-state index is 0.0447. The van der Waals surface area contributed by atoms with Crippen LogP contribution in [0.1, 0.15) is 49.9 Å². The van der Waals surface area contributed by atoms with E-state index in [1.165, 1.54) is 12.8 Å². The number of nitrogens with one attached hydrogen (secondary N) is 1. The Morgan fingerprint density at radius 3 is 2.50 bits per heavy atom. The van der Waals surface area contributed by atoms with E-state index < -0.39 is 0 Å². The van der Waals surface area contributed by atoms with Crippen molar-refractivity contribution in [2.24, 2.45) is 11.3 Å². The van der Waals surface area contributed by atoms with Crippen molar-refractivity contribution < 1.29 is 4.79 Å². The van der Waals surface area contributed by atoms with Crippen molar-refractivity contribution in [2.45, 2.75) is 45.6 Å². The summed E-state index contributed by atoms with van der Waals surface area (Å²) in [6.07, 6.45) is 4.50. The van der Waals surface area contributed by atoms with Gasteiger partial charge in [-0.3, -0.25) is 10.6 Å². The lowest BCUT2D eigenvalue weighted by Gasteiger charge is -2.38. The molecule has 1 aromatic carbocycles. The molecule has 1 fully saturated rings. The number of hydrazine groups is 1. The fourth-order valence-corrected chi connectivity index (χ4v) is 2.92. The van der Waals surface area contributed by atoms with E-state index in [1.807, 2.05) is 36.2 Å². The lowest BCUT2D eigenvalue weighted by Crippen LogP contribution is -2.41. The minimum absolute atomic E-state index is 0.0447. The molecule has 4 heteroatoms. The van der Waals surface area contributed by atoms with Gasteiger partial charge in [0.25, 0.3) is 5.91 Å². The fourth-order valence-electron chi connectivity index (χ4n) is 2.92. The van der Waals surface area contributed by atoms with Gasteiger partial charge in [0.1, 0.15) is 0 Å². The minimum Gasteiger partial charge on any atom is -0.339 e. The van der Waals surface area contributed by atoms with Crippen LogP contribution in [0, 0.1) is 5.41 Å². The van der Waals surface area contributed by atoms with Crippen LogP contribution in [0.3, 0.4) is 0 Å². The van der Waals surface area contributed by atoms with Crippen LogP contribution < -0.4 is 11.3 Å². The number of hydrogen-bond donors (Lipinski definition) is 2. The summed E-state index contributed by atoms with van der Waals surface area (Å²) < 4.78 is 0. The second-order valence-corrected chi connectivity index (χ2v) is 6.50. The number of para-hydroxylation sites is 1. The van der Waals surface area contributed by atoms with Crippen molar-refractivity contribution >= 4 is 11.6 Å². The number of nitrogens with zero attached hydrogens (tertiary/aromatic N) is 1. The van der Waals surface area contributed by atoms with Gasteiger partial charge in [-0.25, -0.2) is 0 Å². The second kappa shape index (κ2) is 5.83. The molecular formula is C16H25N3O. The first-order chi connectivity index (χ1) is 9.44. The van der Waals surface area contributed by atoms with Crippen LogP contribution in [0.2, 0.25) is 0 Å². The van der Waals surface area contributed by atoms with Gasteiger partial charge in [0, 0.05) is 13.1 Å². The third-order valence-corrected chi connectivity index (χ3v) is 4.49. The first kappa shape index (κ1) is 14.9. The largest absolute Gasteiger partial charge is 0.339 e. The number of rotatable bonds is 3. The van der Waals surface area contributed by atoms with E-state index in [9.17, 15) is 4.79 Å². The van der Waals surface area contributed by atoms with Crippen LogP contribution in [0.15, 0.2) is 24.3 Å². The standard InChI is InChI=1S/C16H25N3O/c1-16(2)10-8-12(9-11-16)19(3)15(20)13-6-4-5-7-14(13)18-17/h4-7,12,18H,8-11,17H2,1-3H3. The molecule has 20 heavy (non-hydrogen) atoms. The highest BCUT2D eigenvalue weighted by Crippen LogP contribution is 2.37. The predicted molar refractivity (Wildman–Crippen MR) is 82.4 cm³/mol. The summed E-state index contributed by atoms with van der Waals surface area (Å²) in [4.78, 5) is 14.5. The maximum atomic E-state index is 12.6. The summed E-state index contributed by atoms with van der Waals surface area (Å²) in [6.45, 7) is 4.61. The molecule has 2 rings (SSSR count). The smallest absolute Gasteiger partial charge is 0.255 e. The van der Waals surface area contributed by atoms with Gasteiger partial charge in [0.05, 0.1) is 11.3 Å². The molecule has 1 aromatic rings. The lowest BCUT2D eigenvalue weighted by atomic mass is 9.75. The monoisotopic (exact) mass is 275 g/mol. The number of carbonyl (C=O) groups excluding carboxylic acids is 1. The molecule has 4 nitrogen and oxygen atoms in total. The molecule has 3 N–H and O–H groups in total. The zero-order valence-corrected chi connectivity index (χ0v) is 12.6. The highest BCUT2D eigenvalue weighted by Gasteiger charge is 2.31. The van der Waals surface area contributed by atoms with E-state index in [0.29, 0.717) is 22.7 Å². The molecule has 0 aliphatic heterocycles. The third kappa shape index (κ3) is 3.12. The van der Waals surface area contributed by atoms with Crippen molar-refractivity contribution in [1.82, 2.24) is 4.90 Å². The van der Waals surface area contributed by atoms with Crippen molar-refractivity contribution in [2.75, 3.05) is 12.5 Å². The zero-order valence-electron chi connectivity index (χ0n) is 12.6. The number of hydrogen-bond acceptors (Lipinski definition) is 3. The summed E-state index contributed by atoms with van der Waals surface area (Å²) in [5, 5.41) is 0. The van der Waals surface area contributed by atoms with Crippen LogP contribution >= 0.6 is 0 Å². The number of carbonyl (C=O) groups is 1. The summed E-state index contributed by atoms with van der Waals surface area (Å²) in [7, 11) is 1.90. The van der Waals surface area contributed by atoms with Crippen molar-refractivity contribution in [3.63, 3.8) is 0 Å². The average Bonchev–Trinajstić information content (AvgIpc) is 2.45. The van der Waals surface area contributed by atoms with Crippen molar-refractivity contribution in [1.29, 1.82) is 0 Å². The summed E-state index contributed by atoms with van der Waals surface area (Å²) >= 11 is 0. The first-order valence-electron chi connectivity index (χ1n) is 7.27. The highest BCUT2D eigenvalue weighted by atomic mass is 16.2. The van der Waals surface area contributed by atoms with Gasteiger partial charge in [-0.15, -0.1) is 0 Å². The molecule has 1 aliphatic rings. The van der Waals surface area contributed by atoms with E-state index in [1.54, 1.807) is 0 Å². The number of nitrogens with two attached hydrogens (primary N) is 1. The van der Waals surface area contributed by atoms with Crippen LogP contribution in [0.4, 0.5) is 5.69 Å². The van der Waals surface area contributed by atoms with E-state index >= 15 is 0 Å². The molecular weight excluding hydrogens is 250 g/mol. The number of nitrogen functional groups attached to an aromatic ring is 1. The van der Waals surface area contributed by atoms with Gasteiger partial charge in [0.2, 0.25) is 0 Å². The predicted octanol–water partition coefficient (Wildman–Crippen LogP) is 3.01. The van der Waals surface area contributed by atoms with E-state index in [2.05, 4.69) is 19.3 Å². The normalized spacial score (nSPS) is 18.6. The summed E-state index contributed by atoms with van der Waals surface area (Å²) in [5.41, 5.74) is 4.34. The van der Waals surface area contributed by atoms with Gasteiger partial charge in [0.15, 0.2) is 0 Å². The molecule has 0 bridgehead atoms. The Balaban J connectivity index is 2.09. The van der Waals surface area contributed by atoms with Gasteiger partial charge in [-0.1, -0.05) is 26.0 Å². The van der Waals surface area contributed by atoms with Crippen LogP contribution in [-0.2, 0) is 0 Å². The number of anilines is 1. The van der Waals surface area contributed by atoms with Crippen LogP contribution in [-0.4, -0.2) is 23.9 Å². The molecule has 0 unspecified atom stereocenters. The van der Waals surface area contributed by atoms with Gasteiger partial charge in [-0.05, 0) is 43.2 Å². The first-order valence-corrected chi connectivity index (χ1v) is 7.27. The maximum absolute atomic E-state index is 12.6. The zero-order chi connectivity index (χ0) is 14.8. The average molecular weight is 275 g/mol. The lowest BCUT2D eigenvalue weighted by molar-refractivity contribution is 0.0636. The number of benzene rings is 1. The molecule has 1 saturated carbocycles. The Labute approximate surface area is 121 Å².